The molecule has 0 atom stereocenters. The monoisotopic (exact) mass is 355 g/mol. The van der Waals surface area contributed by atoms with E-state index in [9.17, 15) is 5.11 Å². The van der Waals surface area contributed by atoms with Crippen LogP contribution < -0.4 is 5.32 Å². The molecule has 25 heavy (non-hydrogen) atoms. The predicted molar refractivity (Wildman–Crippen MR) is 106 cm³/mol. The molecule has 0 spiro atoms. The van der Waals surface area contributed by atoms with Crippen LogP contribution in [0.3, 0.4) is 0 Å². The molecular formula is C20H25N3OS. The zero-order valence-electron chi connectivity index (χ0n) is 15.3. The van der Waals surface area contributed by atoms with E-state index in [1.807, 2.05) is 13.8 Å². The number of aliphatic hydroxyl groups excluding tert-OH is 1. The molecule has 2 N–H and O–H groups in total. The Bertz CT molecular complexity index is 869. The van der Waals surface area contributed by atoms with Crippen molar-refractivity contribution in [3.05, 3.63) is 41.0 Å². The van der Waals surface area contributed by atoms with E-state index in [-0.39, 0.29) is 6.61 Å². The number of aliphatic hydroxyl groups is 1. The summed E-state index contributed by atoms with van der Waals surface area (Å²) in [6.45, 7) is 8.30. The third-order valence-corrected chi connectivity index (χ3v) is 5.63. The molecule has 0 saturated heterocycles. The third kappa shape index (κ3) is 3.53. The summed E-state index contributed by atoms with van der Waals surface area (Å²) in [5.41, 5.74) is 3.29. The number of rotatable bonds is 6. The quantitative estimate of drug-likeness (QED) is 0.675. The highest BCUT2D eigenvalue weighted by molar-refractivity contribution is 7.19. The molecule has 0 aliphatic heterocycles. The molecule has 132 valence electrons. The van der Waals surface area contributed by atoms with Gasteiger partial charge in [-0.15, -0.1) is 11.3 Å². The standard InChI is InChI=1S/C20H25N3OS/c1-5-13-7-9-14(10-8-13)16-15(6-2)25-19-17(16)18(21-12-22-19)23-20(3,4)11-24/h7-10,12,24H,5-6,11H2,1-4H3,(H,21,22,23). The van der Waals surface area contributed by atoms with Crippen molar-refractivity contribution in [2.24, 2.45) is 0 Å². The predicted octanol–water partition coefficient (Wildman–Crippen LogP) is 4.67. The fourth-order valence-corrected chi connectivity index (χ4v) is 4.00. The molecule has 2 aromatic heterocycles. The summed E-state index contributed by atoms with van der Waals surface area (Å²) in [5.74, 6) is 0.787. The molecule has 0 unspecified atom stereocenters. The van der Waals surface area contributed by atoms with E-state index >= 15 is 0 Å². The van der Waals surface area contributed by atoms with Crippen molar-refractivity contribution in [3.8, 4) is 11.1 Å². The van der Waals surface area contributed by atoms with Crippen molar-refractivity contribution in [1.29, 1.82) is 0 Å². The molecule has 0 fully saturated rings. The Balaban J connectivity index is 2.21. The molecule has 2 heterocycles. The van der Waals surface area contributed by atoms with E-state index in [4.69, 9.17) is 0 Å². The lowest BCUT2D eigenvalue weighted by Gasteiger charge is -2.24. The van der Waals surface area contributed by atoms with Crippen molar-refractivity contribution in [2.45, 2.75) is 46.1 Å². The number of nitrogens with zero attached hydrogens (tertiary/aromatic N) is 2. The lowest BCUT2D eigenvalue weighted by Crippen LogP contribution is -2.35. The Labute approximate surface area is 153 Å². The van der Waals surface area contributed by atoms with E-state index in [1.54, 1.807) is 17.7 Å². The molecule has 1 aromatic carbocycles. The smallest absolute Gasteiger partial charge is 0.139 e. The lowest BCUT2D eigenvalue weighted by atomic mass is 9.99. The summed E-state index contributed by atoms with van der Waals surface area (Å²) in [5, 5.41) is 14.1. The molecule has 0 saturated carbocycles. The zero-order valence-corrected chi connectivity index (χ0v) is 16.1. The number of thiophene rings is 1. The largest absolute Gasteiger partial charge is 0.394 e. The Kier molecular flexibility index (Phi) is 5.06. The molecule has 3 rings (SSSR count). The molecule has 3 aromatic rings. The first-order chi connectivity index (χ1) is 12.0. The number of hydrogen-bond donors (Lipinski definition) is 2. The average molecular weight is 356 g/mol. The normalized spacial score (nSPS) is 11.9. The number of anilines is 1. The van der Waals surface area contributed by atoms with Gasteiger partial charge in [0.15, 0.2) is 0 Å². The van der Waals surface area contributed by atoms with Gasteiger partial charge >= 0.3 is 0 Å². The van der Waals surface area contributed by atoms with E-state index < -0.39 is 5.54 Å². The van der Waals surface area contributed by atoms with Gasteiger partial charge in [-0.1, -0.05) is 38.1 Å². The average Bonchev–Trinajstić information content (AvgIpc) is 3.01. The van der Waals surface area contributed by atoms with Gasteiger partial charge in [-0.05, 0) is 37.8 Å². The first-order valence-electron chi connectivity index (χ1n) is 8.73. The Morgan fingerprint density at radius 3 is 2.40 bits per heavy atom. The second-order valence-electron chi connectivity index (χ2n) is 6.87. The van der Waals surface area contributed by atoms with Gasteiger partial charge in [0.1, 0.15) is 17.0 Å². The fourth-order valence-electron chi connectivity index (χ4n) is 2.90. The van der Waals surface area contributed by atoms with Crippen LogP contribution in [-0.4, -0.2) is 27.2 Å². The summed E-state index contributed by atoms with van der Waals surface area (Å²) < 4.78 is 0. The molecule has 0 aliphatic rings. The van der Waals surface area contributed by atoms with Crippen molar-refractivity contribution in [1.82, 2.24) is 9.97 Å². The minimum absolute atomic E-state index is 0.0315. The Morgan fingerprint density at radius 2 is 1.80 bits per heavy atom. The first-order valence-corrected chi connectivity index (χ1v) is 9.55. The summed E-state index contributed by atoms with van der Waals surface area (Å²) in [7, 11) is 0. The number of aryl methyl sites for hydroxylation is 2. The van der Waals surface area contributed by atoms with Gasteiger partial charge in [-0.25, -0.2) is 9.97 Å². The highest BCUT2D eigenvalue weighted by Crippen LogP contribution is 2.41. The molecule has 0 aliphatic carbocycles. The summed E-state index contributed by atoms with van der Waals surface area (Å²) in [4.78, 5) is 11.3. The minimum Gasteiger partial charge on any atom is -0.394 e. The van der Waals surface area contributed by atoms with Gasteiger partial charge in [-0.2, -0.15) is 0 Å². The van der Waals surface area contributed by atoms with Crippen LogP contribution in [0.5, 0.6) is 0 Å². The van der Waals surface area contributed by atoms with Crippen LogP contribution in [0.2, 0.25) is 0 Å². The number of hydrogen-bond acceptors (Lipinski definition) is 5. The van der Waals surface area contributed by atoms with Crippen LogP contribution >= 0.6 is 11.3 Å². The van der Waals surface area contributed by atoms with Crippen LogP contribution in [0, 0.1) is 0 Å². The van der Waals surface area contributed by atoms with Crippen LogP contribution in [0.15, 0.2) is 30.6 Å². The second kappa shape index (κ2) is 7.10. The minimum atomic E-state index is -0.445. The number of benzene rings is 1. The topological polar surface area (TPSA) is 58.0 Å². The zero-order chi connectivity index (χ0) is 18.0. The van der Waals surface area contributed by atoms with Gasteiger partial charge in [0.25, 0.3) is 0 Å². The van der Waals surface area contributed by atoms with Gasteiger partial charge in [0.05, 0.1) is 17.5 Å². The molecule has 0 radical (unpaired) electrons. The SMILES string of the molecule is CCc1ccc(-c2c(CC)sc3ncnc(NC(C)(C)CO)c23)cc1. The number of nitrogens with one attached hydrogen (secondary N) is 1. The summed E-state index contributed by atoms with van der Waals surface area (Å²) in [6, 6.07) is 8.75. The maximum absolute atomic E-state index is 9.62. The molecule has 0 amide bonds. The Hall–Kier alpha value is -1.98. The molecule has 0 bridgehead atoms. The highest BCUT2D eigenvalue weighted by atomic mass is 32.1. The van der Waals surface area contributed by atoms with Crippen LogP contribution in [-0.2, 0) is 12.8 Å². The second-order valence-corrected chi connectivity index (χ2v) is 7.96. The summed E-state index contributed by atoms with van der Waals surface area (Å²) in [6.07, 6.45) is 3.58. The van der Waals surface area contributed by atoms with Crippen molar-refractivity contribution in [3.63, 3.8) is 0 Å². The lowest BCUT2D eigenvalue weighted by molar-refractivity contribution is 0.234. The van der Waals surface area contributed by atoms with Crippen molar-refractivity contribution < 1.29 is 5.11 Å². The van der Waals surface area contributed by atoms with Crippen LogP contribution in [0.1, 0.15) is 38.1 Å². The number of fused-ring (bicyclic) bond motifs is 1. The number of aromatic nitrogens is 2. The van der Waals surface area contributed by atoms with E-state index in [0.29, 0.717) is 0 Å². The van der Waals surface area contributed by atoms with E-state index in [1.165, 1.54) is 21.6 Å². The third-order valence-electron chi connectivity index (χ3n) is 4.39. The van der Waals surface area contributed by atoms with Crippen LogP contribution in [0.4, 0.5) is 5.82 Å². The van der Waals surface area contributed by atoms with Gasteiger partial charge in [0, 0.05) is 10.4 Å². The van der Waals surface area contributed by atoms with Gasteiger partial charge < -0.3 is 10.4 Å². The van der Waals surface area contributed by atoms with E-state index in [0.717, 1.165) is 28.9 Å². The first kappa shape index (κ1) is 17.8. The van der Waals surface area contributed by atoms with Gasteiger partial charge in [-0.3, -0.25) is 0 Å². The van der Waals surface area contributed by atoms with Crippen molar-refractivity contribution >= 4 is 27.4 Å². The molecule has 4 nitrogen and oxygen atoms in total. The van der Waals surface area contributed by atoms with Gasteiger partial charge in [0.2, 0.25) is 0 Å². The molecular weight excluding hydrogens is 330 g/mol. The molecule has 5 heteroatoms. The highest BCUT2D eigenvalue weighted by Gasteiger charge is 2.22. The van der Waals surface area contributed by atoms with Crippen LogP contribution in [0.25, 0.3) is 21.3 Å². The fraction of sp³-hybridized carbons (Fsp3) is 0.400. The maximum atomic E-state index is 9.62. The summed E-state index contributed by atoms with van der Waals surface area (Å²) >= 11 is 1.72. The van der Waals surface area contributed by atoms with E-state index in [2.05, 4.69) is 53.4 Å². The van der Waals surface area contributed by atoms with Crippen molar-refractivity contribution in [2.75, 3.05) is 11.9 Å². The maximum Gasteiger partial charge on any atom is 0.139 e. The Morgan fingerprint density at radius 1 is 1.08 bits per heavy atom.